The van der Waals surface area contributed by atoms with Gasteiger partial charge in [0.25, 0.3) is 5.91 Å². The van der Waals surface area contributed by atoms with Gasteiger partial charge in [0, 0.05) is 18.7 Å². The molecule has 0 fully saturated rings. The molecule has 0 saturated heterocycles. The minimum atomic E-state index is -0.135. The molecule has 2 aromatic carbocycles. The van der Waals surface area contributed by atoms with Crippen LogP contribution in [-0.4, -0.2) is 17.4 Å². The summed E-state index contributed by atoms with van der Waals surface area (Å²) in [7, 11) is 0. The van der Waals surface area contributed by atoms with Crippen molar-refractivity contribution in [2.24, 2.45) is 0 Å². The largest absolute Gasteiger partial charge is 0.352 e. The third kappa shape index (κ3) is 4.68. The van der Waals surface area contributed by atoms with Gasteiger partial charge in [0.05, 0.1) is 5.56 Å². The van der Waals surface area contributed by atoms with E-state index in [9.17, 15) is 4.79 Å². The summed E-state index contributed by atoms with van der Waals surface area (Å²) in [6.45, 7) is 0.579. The third-order valence-corrected chi connectivity index (χ3v) is 4.34. The summed E-state index contributed by atoms with van der Waals surface area (Å²) in [6, 6.07) is 24.0. The molecule has 3 rings (SSSR count). The Labute approximate surface area is 152 Å². The van der Waals surface area contributed by atoms with Crippen molar-refractivity contribution in [2.75, 3.05) is 6.54 Å². The van der Waals surface area contributed by atoms with E-state index in [2.05, 4.69) is 34.6 Å². The molecule has 3 nitrogen and oxygen atoms in total. The summed E-state index contributed by atoms with van der Waals surface area (Å²) >= 11 is 5.76. The Hall–Kier alpha value is -2.65. The van der Waals surface area contributed by atoms with E-state index in [0.29, 0.717) is 17.3 Å². The molecule has 25 heavy (non-hydrogen) atoms. The van der Waals surface area contributed by atoms with Crippen LogP contribution in [0.4, 0.5) is 0 Å². The van der Waals surface area contributed by atoms with Crippen LogP contribution in [0, 0.1) is 0 Å². The van der Waals surface area contributed by atoms with E-state index in [-0.39, 0.29) is 11.8 Å². The van der Waals surface area contributed by atoms with Crippen molar-refractivity contribution in [3.8, 4) is 0 Å². The fourth-order valence-corrected chi connectivity index (χ4v) is 2.95. The number of amides is 1. The second kappa shape index (κ2) is 8.45. The molecule has 1 N–H and O–H groups in total. The van der Waals surface area contributed by atoms with E-state index in [1.807, 2.05) is 36.4 Å². The van der Waals surface area contributed by atoms with Crippen LogP contribution in [0.2, 0.25) is 5.15 Å². The highest BCUT2D eigenvalue weighted by atomic mass is 35.5. The van der Waals surface area contributed by atoms with Crippen molar-refractivity contribution >= 4 is 17.5 Å². The lowest BCUT2D eigenvalue weighted by molar-refractivity contribution is 0.0952. The van der Waals surface area contributed by atoms with Gasteiger partial charge in [-0.25, -0.2) is 4.98 Å². The topological polar surface area (TPSA) is 42.0 Å². The molecule has 0 spiro atoms. The molecule has 0 aliphatic heterocycles. The van der Waals surface area contributed by atoms with E-state index < -0.39 is 0 Å². The Balaban J connectivity index is 1.67. The fraction of sp³-hybridized carbons (Fsp3) is 0.143. The number of rotatable bonds is 6. The molecule has 0 saturated carbocycles. The van der Waals surface area contributed by atoms with E-state index in [0.717, 1.165) is 6.42 Å². The molecule has 4 heteroatoms. The van der Waals surface area contributed by atoms with E-state index in [1.165, 1.54) is 17.3 Å². The highest BCUT2D eigenvalue weighted by Gasteiger charge is 2.14. The third-order valence-electron chi connectivity index (χ3n) is 4.11. The molecule has 3 aromatic rings. The van der Waals surface area contributed by atoms with Gasteiger partial charge >= 0.3 is 0 Å². The van der Waals surface area contributed by atoms with Gasteiger partial charge in [0.2, 0.25) is 0 Å². The summed E-state index contributed by atoms with van der Waals surface area (Å²) in [6.07, 6.45) is 2.31. The number of hydrogen-bond acceptors (Lipinski definition) is 2. The standard InChI is InChI=1S/C21H19ClN2O/c22-20-12-11-18(15-24-20)21(25)23-14-13-19(16-7-3-1-4-8-16)17-9-5-2-6-10-17/h1-12,15,19H,13-14H2,(H,23,25). The van der Waals surface area contributed by atoms with Crippen molar-refractivity contribution in [1.82, 2.24) is 10.3 Å². The Morgan fingerprint density at radius 2 is 1.52 bits per heavy atom. The first-order chi connectivity index (χ1) is 12.2. The van der Waals surface area contributed by atoms with Gasteiger partial charge in [0.1, 0.15) is 5.15 Å². The number of nitrogens with one attached hydrogen (secondary N) is 1. The molecule has 0 atom stereocenters. The number of aromatic nitrogens is 1. The van der Waals surface area contributed by atoms with Crippen molar-refractivity contribution < 1.29 is 4.79 Å². The Morgan fingerprint density at radius 1 is 0.920 bits per heavy atom. The maximum Gasteiger partial charge on any atom is 0.252 e. The van der Waals surface area contributed by atoms with Crippen LogP contribution in [0.25, 0.3) is 0 Å². The van der Waals surface area contributed by atoms with E-state index >= 15 is 0 Å². The van der Waals surface area contributed by atoms with Crippen LogP contribution in [-0.2, 0) is 0 Å². The lowest BCUT2D eigenvalue weighted by atomic mass is 9.88. The quantitative estimate of drug-likeness (QED) is 0.655. The number of pyridine rings is 1. The van der Waals surface area contributed by atoms with Gasteiger partial charge < -0.3 is 5.32 Å². The second-order valence-electron chi connectivity index (χ2n) is 5.79. The molecule has 126 valence electrons. The second-order valence-corrected chi connectivity index (χ2v) is 6.18. The number of hydrogen-bond donors (Lipinski definition) is 1. The van der Waals surface area contributed by atoms with Crippen LogP contribution in [0.3, 0.4) is 0 Å². The zero-order valence-corrected chi connectivity index (χ0v) is 14.5. The number of benzene rings is 2. The molecule has 0 unspecified atom stereocenters. The lowest BCUT2D eigenvalue weighted by Crippen LogP contribution is -2.26. The van der Waals surface area contributed by atoms with Crippen molar-refractivity contribution in [1.29, 1.82) is 0 Å². The van der Waals surface area contributed by atoms with Gasteiger partial charge in [-0.15, -0.1) is 0 Å². The van der Waals surface area contributed by atoms with Gasteiger partial charge in [-0.3, -0.25) is 4.79 Å². The van der Waals surface area contributed by atoms with Gasteiger partial charge in [-0.2, -0.15) is 0 Å². The van der Waals surface area contributed by atoms with E-state index in [4.69, 9.17) is 11.6 Å². The van der Waals surface area contributed by atoms with Gasteiger partial charge in [-0.1, -0.05) is 72.3 Å². The first-order valence-corrected chi connectivity index (χ1v) is 8.61. The highest BCUT2D eigenvalue weighted by Crippen LogP contribution is 2.27. The average molecular weight is 351 g/mol. The predicted molar refractivity (Wildman–Crippen MR) is 101 cm³/mol. The molecule has 0 radical (unpaired) electrons. The average Bonchev–Trinajstić information content (AvgIpc) is 2.67. The van der Waals surface area contributed by atoms with Crippen LogP contribution in [0.1, 0.15) is 33.8 Å². The molecular formula is C21H19ClN2O. The van der Waals surface area contributed by atoms with Crippen molar-refractivity contribution in [3.63, 3.8) is 0 Å². The molecule has 0 aliphatic rings. The van der Waals surface area contributed by atoms with E-state index in [1.54, 1.807) is 12.1 Å². The summed E-state index contributed by atoms with van der Waals surface area (Å²) < 4.78 is 0. The smallest absolute Gasteiger partial charge is 0.252 e. The van der Waals surface area contributed by atoms with Crippen molar-refractivity contribution in [3.05, 3.63) is 101 Å². The van der Waals surface area contributed by atoms with Crippen LogP contribution in [0.5, 0.6) is 0 Å². The number of halogens is 1. The summed E-state index contributed by atoms with van der Waals surface area (Å²) in [5.74, 6) is 0.107. The van der Waals surface area contributed by atoms with Crippen LogP contribution < -0.4 is 5.32 Å². The molecule has 0 aliphatic carbocycles. The van der Waals surface area contributed by atoms with Gasteiger partial charge in [-0.05, 0) is 29.7 Å². The summed E-state index contributed by atoms with van der Waals surface area (Å²) in [5.41, 5.74) is 3.01. The maximum atomic E-state index is 12.2. The predicted octanol–water partition coefficient (Wildman–Crippen LogP) is 4.69. The molecule has 1 heterocycles. The molecule has 1 aromatic heterocycles. The minimum absolute atomic E-state index is 0.135. The maximum absolute atomic E-state index is 12.2. The highest BCUT2D eigenvalue weighted by molar-refractivity contribution is 6.29. The lowest BCUT2D eigenvalue weighted by Gasteiger charge is -2.18. The Kier molecular flexibility index (Phi) is 5.81. The molecule has 1 amide bonds. The van der Waals surface area contributed by atoms with Crippen LogP contribution >= 0.6 is 11.6 Å². The van der Waals surface area contributed by atoms with Crippen molar-refractivity contribution in [2.45, 2.75) is 12.3 Å². The van der Waals surface area contributed by atoms with Gasteiger partial charge in [0.15, 0.2) is 0 Å². The minimum Gasteiger partial charge on any atom is -0.352 e. The first-order valence-electron chi connectivity index (χ1n) is 8.23. The number of carbonyl (C=O) groups is 1. The van der Waals surface area contributed by atoms with Crippen LogP contribution in [0.15, 0.2) is 79.0 Å². The summed E-state index contributed by atoms with van der Waals surface area (Å²) in [4.78, 5) is 16.2. The number of carbonyl (C=O) groups excluding carboxylic acids is 1. The fourth-order valence-electron chi connectivity index (χ4n) is 2.84. The SMILES string of the molecule is O=C(NCCC(c1ccccc1)c1ccccc1)c1ccc(Cl)nc1. The zero-order valence-electron chi connectivity index (χ0n) is 13.7. The normalized spacial score (nSPS) is 10.6. The number of nitrogens with zero attached hydrogens (tertiary/aromatic N) is 1. The summed E-state index contributed by atoms with van der Waals surface area (Å²) in [5, 5.41) is 3.35. The zero-order chi connectivity index (χ0) is 17.5. The molecule has 0 bridgehead atoms. The Bertz CT molecular complexity index is 765. The first kappa shape index (κ1) is 17.2. The Morgan fingerprint density at radius 3 is 2.04 bits per heavy atom. The molecular weight excluding hydrogens is 332 g/mol. The monoisotopic (exact) mass is 350 g/mol.